The summed E-state index contributed by atoms with van der Waals surface area (Å²) in [4.78, 5) is 18.3. The van der Waals surface area contributed by atoms with Gasteiger partial charge in [0.2, 0.25) is 0 Å². The number of carbonyl (C=O) groups excluding carboxylic acids is 1. The van der Waals surface area contributed by atoms with Crippen molar-refractivity contribution in [3.8, 4) is 5.75 Å². The fraction of sp³-hybridized carbons (Fsp3) is 0.238. The van der Waals surface area contributed by atoms with E-state index in [0.29, 0.717) is 16.4 Å². The van der Waals surface area contributed by atoms with E-state index in [4.69, 9.17) is 4.74 Å². The summed E-state index contributed by atoms with van der Waals surface area (Å²) < 4.78 is 5.73. The van der Waals surface area contributed by atoms with Gasteiger partial charge >= 0.3 is 0 Å². The molecule has 1 aromatic heterocycles. The van der Waals surface area contributed by atoms with Crippen molar-refractivity contribution < 1.29 is 9.53 Å². The number of aryl methyl sites for hydroxylation is 1. The maximum Gasteiger partial charge on any atom is 0.261 e. The zero-order valence-electron chi connectivity index (χ0n) is 15.2. The summed E-state index contributed by atoms with van der Waals surface area (Å²) in [5.74, 6) is 0.374. The van der Waals surface area contributed by atoms with E-state index in [1.807, 2.05) is 57.2 Å². The summed E-state index contributed by atoms with van der Waals surface area (Å²) in [6, 6.07) is 17.5. The molecule has 0 radical (unpaired) electrons. The number of hydrogen-bond donors (Lipinski definition) is 1. The second kappa shape index (κ2) is 8.15. The molecule has 5 heteroatoms. The molecule has 0 aliphatic rings. The monoisotopic (exact) mass is 366 g/mol. The summed E-state index contributed by atoms with van der Waals surface area (Å²) in [5.41, 5.74) is 2.69. The molecule has 2 aromatic carbocycles. The van der Waals surface area contributed by atoms with Crippen molar-refractivity contribution in [1.82, 2.24) is 4.98 Å². The first-order valence-corrected chi connectivity index (χ1v) is 9.42. The molecule has 1 N–H and O–H groups in total. The van der Waals surface area contributed by atoms with Crippen LogP contribution in [0.15, 0.2) is 54.6 Å². The van der Waals surface area contributed by atoms with Crippen LogP contribution in [0.2, 0.25) is 0 Å². The quantitative estimate of drug-likeness (QED) is 0.662. The lowest BCUT2D eigenvalue weighted by molar-refractivity contribution is 0.102. The van der Waals surface area contributed by atoms with Crippen LogP contribution >= 0.6 is 11.3 Å². The number of thiazole rings is 1. The molecule has 0 unspecified atom stereocenters. The van der Waals surface area contributed by atoms with Crippen LogP contribution in [-0.4, -0.2) is 17.0 Å². The number of para-hydroxylation sites is 1. The van der Waals surface area contributed by atoms with Gasteiger partial charge in [-0.05, 0) is 38.5 Å². The van der Waals surface area contributed by atoms with Gasteiger partial charge in [0.1, 0.15) is 5.75 Å². The zero-order valence-corrected chi connectivity index (χ0v) is 16.0. The van der Waals surface area contributed by atoms with Crippen molar-refractivity contribution in [2.75, 3.05) is 5.32 Å². The minimum absolute atomic E-state index is 0.00327. The summed E-state index contributed by atoms with van der Waals surface area (Å²) in [6.07, 6.45) is 0.816. The first-order valence-electron chi connectivity index (χ1n) is 8.60. The van der Waals surface area contributed by atoms with Gasteiger partial charge in [-0.15, -0.1) is 11.3 Å². The summed E-state index contributed by atoms with van der Waals surface area (Å²) >= 11 is 1.51. The van der Waals surface area contributed by atoms with Crippen LogP contribution < -0.4 is 10.1 Å². The highest BCUT2D eigenvalue weighted by molar-refractivity contribution is 7.15. The molecule has 1 amide bonds. The van der Waals surface area contributed by atoms with Gasteiger partial charge in [-0.1, -0.05) is 42.5 Å². The number of benzene rings is 2. The number of aromatic nitrogens is 1. The lowest BCUT2D eigenvalue weighted by atomic mass is 10.1. The fourth-order valence-corrected chi connectivity index (χ4v) is 3.59. The highest BCUT2D eigenvalue weighted by Crippen LogP contribution is 2.27. The molecule has 3 aromatic rings. The minimum atomic E-state index is -0.207. The smallest absolute Gasteiger partial charge is 0.261 e. The van der Waals surface area contributed by atoms with E-state index >= 15 is 0 Å². The minimum Gasteiger partial charge on any atom is -0.490 e. The van der Waals surface area contributed by atoms with Gasteiger partial charge in [-0.25, -0.2) is 4.98 Å². The summed E-state index contributed by atoms with van der Waals surface area (Å²) in [6.45, 7) is 5.85. The van der Waals surface area contributed by atoms with Gasteiger partial charge in [0, 0.05) is 11.3 Å². The van der Waals surface area contributed by atoms with E-state index in [2.05, 4.69) is 22.4 Å². The molecule has 0 spiro atoms. The Bertz CT molecular complexity index is 888. The van der Waals surface area contributed by atoms with Gasteiger partial charge in [0.25, 0.3) is 5.91 Å². The first-order chi connectivity index (χ1) is 12.5. The highest BCUT2D eigenvalue weighted by atomic mass is 32.1. The van der Waals surface area contributed by atoms with Crippen LogP contribution in [0.4, 0.5) is 5.13 Å². The second-order valence-electron chi connectivity index (χ2n) is 6.31. The van der Waals surface area contributed by atoms with E-state index in [0.717, 1.165) is 17.0 Å². The van der Waals surface area contributed by atoms with Gasteiger partial charge in [0.05, 0.1) is 17.4 Å². The Morgan fingerprint density at radius 2 is 1.81 bits per heavy atom. The maximum atomic E-state index is 12.7. The number of ether oxygens (including phenoxy) is 1. The van der Waals surface area contributed by atoms with Gasteiger partial charge < -0.3 is 4.74 Å². The Morgan fingerprint density at radius 1 is 1.12 bits per heavy atom. The van der Waals surface area contributed by atoms with Crippen molar-refractivity contribution in [3.05, 3.63) is 76.3 Å². The molecule has 134 valence electrons. The third kappa shape index (κ3) is 4.49. The van der Waals surface area contributed by atoms with E-state index in [-0.39, 0.29) is 12.0 Å². The van der Waals surface area contributed by atoms with Crippen LogP contribution in [-0.2, 0) is 6.42 Å². The number of amides is 1. The molecular weight excluding hydrogens is 344 g/mol. The lowest BCUT2D eigenvalue weighted by Crippen LogP contribution is -2.15. The van der Waals surface area contributed by atoms with Crippen molar-refractivity contribution in [2.24, 2.45) is 0 Å². The summed E-state index contributed by atoms with van der Waals surface area (Å²) in [5, 5.41) is 3.52. The Morgan fingerprint density at radius 3 is 2.54 bits per heavy atom. The van der Waals surface area contributed by atoms with Crippen LogP contribution in [0.1, 0.15) is 40.3 Å². The summed E-state index contributed by atoms with van der Waals surface area (Å²) in [7, 11) is 0. The molecule has 0 bridgehead atoms. The molecule has 0 fully saturated rings. The van der Waals surface area contributed by atoms with Crippen molar-refractivity contribution in [2.45, 2.75) is 33.3 Å². The predicted molar refractivity (Wildman–Crippen MR) is 106 cm³/mol. The van der Waals surface area contributed by atoms with Crippen molar-refractivity contribution >= 4 is 22.4 Å². The van der Waals surface area contributed by atoms with Crippen LogP contribution in [0.25, 0.3) is 0 Å². The Kier molecular flexibility index (Phi) is 5.68. The molecule has 3 rings (SSSR count). The molecule has 0 aliphatic carbocycles. The first kappa shape index (κ1) is 18.1. The Labute approximate surface area is 157 Å². The standard InChI is InChI=1S/C21H22N2O2S/c1-14(2)25-18-12-8-7-11-17(18)20(24)23-21-22-15(3)19(26-21)13-16-9-5-4-6-10-16/h4-12,14H,13H2,1-3H3,(H,22,23,24). The van der Waals surface area contributed by atoms with Crippen molar-refractivity contribution in [1.29, 1.82) is 0 Å². The molecular formula is C21H22N2O2S. The number of rotatable bonds is 6. The highest BCUT2D eigenvalue weighted by Gasteiger charge is 2.16. The van der Waals surface area contributed by atoms with Gasteiger partial charge in [-0.2, -0.15) is 0 Å². The van der Waals surface area contributed by atoms with E-state index in [1.54, 1.807) is 6.07 Å². The van der Waals surface area contributed by atoms with E-state index in [9.17, 15) is 4.79 Å². The van der Waals surface area contributed by atoms with Crippen molar-refractivity contribution in [3.63, 3.8) is 0 Å². The third-order valence-electron chi connectivity index (χ3n) is 3.81. The topological polar surface area (TPSA) is 51.2 Å². The number of nitrogens with zero attached hydrogens (tertiary/aromatic N) is 1. The number of carbonyl (C=O) groups is 1. The number of hydrogen-bond acceptors (Lipinski definition) is 4. The molecule has 0 saturated heterocycles. The molecule has 0 aliphatic heterocycles. The van der Waals surface area contributed by atoms with Crippen LogP contribution in [0.5, 0.6) is 5.75 Å². The molecule has 1 heterocycles. The number of nitrogens with one attached hydrogen (secondary N) is 1. The fourth-order valence-electron chi connectivity index (χ4n) is 2.60. The zero-order chi connectivity index (χ0) is 18.5. The molecule has 0 atom stereocenters. The Balaban J connectivity index is 1.76. The van der Waals surface area contributed by atoms with Gasteiger partial charge in [0.15, 0.2) is 5.13 Å². The van der Waals surface area contributed by atoms with Gasteiger partial charge in [-0.3, -0.25) is 10.1 Å². The third-order valence-corrected chi connectivity index (χ3v) is 4.89. The largest absolute Gasteiger partial charge is 0.490 e. The van der Waals surface area contributed by atoms with E-state index in [1.165, 1.54) is 16.9 Å². The van der Waals surface area contributed by atoms with Crippen LogP contribution in [0, 0.1) is 6.92 Å². The Hall–Kier alpha value is -2.66. The lowest BCUT2D eigenvalue weighted by Gasteiger charge is -2.13. The average molecular weight is 366 g/mol. The SMILES string of the molecule is Cc1nc(NC(=O)c2ccccc2OC(C)C)sc1Cc1ccccc1. The molecule has 0 saturated carbocycles. The average Bonchev–Trinajstić information content (AvgIpc) is 2.94. The second-order valence-corrected chi connectivity index (χ2v) is 7.39. The molecule has 26 heavy (non-hydrogen) atoms. The van der Waals surface area contributed by atoms with Crippen LogP contribution in [0.3, 0.4) is 0 Å². The normalized spacial score (nSPS) is 10.8. The molecule has 4 nitrogen and oxygen atoms in total. The van der Waals surface area contributed by atoms with E-state index < -0.39 is 0 Å². The maximum absolute atomic E-state index is 12.7. The number of anilines is 1. The predicted octanol–water partition coefficient (Wildman–Crippen LogP) is 5.08.